The van der Waals surface area contributed by atoms with E-state index >= 15 is 0 Å². The number of imidazole rings is 1. The van der Waals surface area contributed by atoms with Crippen LogP contribution in [0.25, 0.3) is 11.2 Å². The third kappa shape index (κ3) is 2.58. The lowest BCUT2D eigenvalue weighted by Gasteiger charge is -2.17. The highest BCUT2D eigenvalue weighted by molar-refractivity contribution is 5.82. The van der Waals surface area contributed by atoms with Gasteiger partial charge in [0.2, 0.25) is 0 Å². The van der Waals surface area contributed by atoms with Crippen molar-refractivity contribution in [1.82, 2.24) is 19.5 Å². The Bertz CT molecular complexity index is 674. The molecule has 1 fully saturated rings. The van der Waals surface area contributed by atoms with E-state index in [9.17, 15) is 10.2 Å². The molecule has 0 aromatic carbocycles. The SMILES string of the molecule is CC(C)Oc1nc(N)c2ncn([C@@H]3O[C@H](CO)C[C@H]3O)c2n1. The molecular formula is C13H19N5O4. The van der Waals surface area contributed by atoms with Crippen LogP contribution in [0.2, 0.25) is 0 Å². The van der Waals surface area contributed by atoms with Gasteiger partial charge in [0.15, 0.2) is 23.2 Å². The number of hydrogen-bond donors (Lipinski definition) is 3. The van der Waals surface area contributed by atoms with Crippen LogP contribution in [0.15, 0.2) is 6.33 Å². The zero-order valence-electron chi connectivity index (χ0n) is 12.4. The average Bonchev–Trinajstić information content (AvgIpc) is 3.01. The fraction of sp³-hybridized carbons (Fsp3) is 0.615. The van der Waals surface area contributed by atoms with E-state index < -0.39 is 18.4 Å². The second-order valence-electron chi connectivity index (χ2n) is 5.52. The van der Waals surface area contributed by atoms with Gasteiger partial charge in [-0.25, -0.2) is 4.98 Å². The van der Waals surface area contributed by atoms with Crippen LogP contribution < -0.4 is 10.5 Å². The molecule has 0 unspecified atom stereocenters. The van der Waals surface area contributed by atoms with E-state index in [1.807, 2.05) is 13.8 Å². The lowest BCUT2D eigenvalue weighted by Crippen LogP contribution is -2.19. The monoisotopic (exact) mass is 309 g/mol. The number of ether oxygens (including phenoxy) is 2. The summed E-state index contributed by atoms with van der Waals surface area (Å²) in [7, 11) is 0. The van der Waals surface area contributed by atoms with Crippen molar-refractivity contribution in [1.29, 1.82) is 0 Å². The molecule has 0 radical (unpaired) electrons. The molecule has 2 aromatic heterocycles. The number of aliphatic hydroxyl groups excluding tert-OH is 2. The molecule has 0 aliphatic carbocycles. The van der Waals surface area contributed by atoms with Crippen molar-refractivity contribution >= 4 is 17.0 Å². The number of nitrogen functional groups attached to an aromatic ring is 1. The first-order valence-corrected chi connectivity index (χ1v) is 7.10. The zero-order valence-corrected chi connectivity index (χ0v) is 12.4. The van der Waals surface area contributed by atoms with Crippen LogP contribution in [-0.4, -0.2) is 54.7 Å². The molecule has 0 saturated carbocycles. The molecule has 1 aliphatic heterocycles. The summed E-state index contributed by atoms with van der Waals surface area (Å²) in [4.78, 5) is 12.5. The smallest absolute Gasteiger partial charge is 0.320 e. The Labute approximate surface area is 126 Å². The number of aromatic nitrogens is 4. The molecular weight excluding hydrogens is 290 g/mol. The van der Waals surface area contributed by atoms with Gasteiger partial charge in [-0.15, -0.1) is 0 Å². The quantitative estimate of drug-likeness (QED) is 0.710. The Morgan fingerprint density at radius 1 is 1.50 bits per heavy atom. The van der Waals surface area contributed by atoms with Gasteiger partial charge in [-0.3, -0.25) is 4.57 Å². The topological polar surface area (TPSA) is 129 Å². The molecule has 1 saturated heterocycles. The molecule has 3 heterocycles. The summed E-state index contributed by atoms with van der Waals surface area (Å²) in [5, 5.41) is 19.3. The fourth-order valence-corrected chi connectivity index (χ4v) is 2.47. The maximum atomic E-state index is 10.1. The zero-order chi connectivity index (χ0) is 15.9. The molecule has 120 valence electrons. The van der Waals surface area contributed by atoms with Crippen LogP contribution in [-0.2, 0) is 4.74 Å². The van der Waals surface area contributed by atoms with E-state index in [1.165, 1.54) is 6.33 Å². The van der Waals surface area contributed by atoms with Gasteiger partial charge in [-0.2, -0.15) is 9.97 Å². The highest BCUT2D eigenvalue weighted by Crippen LogP contribution is 2.32. The lowest BCUT2D eigenvalue weighted by atomic mass is 10.2. The van der Waals surface area contributed by atoms with Crippen LogP contribution in [0.1, 0.15) is 26.5 Å². The van der Waals surface area contributed by atoms with Crippen molar-refractivity contribution < 1.29 is 19.7 Å². The molecule has 2 aromatic rings. The maximum absolute atomic E-state index is 10.1. The second kappa shape index (κ2) is 5.67. The standard InChI is InChI=1S/C13H19N5O4/c1-6(2)21-13-16-10(14)9-11(17-13)18(5-15-9)12-8(20)3-7(4-19)22-12/h5-8,12,19-20H,3-4H2,1-2H3,(H2,14,16,17)/t7-,8+,12+/m0/s1. The van der Waals surface area contributed by atoms with Gasteiger partial charge < -0.3 is 25.4 Å². The van der Waals surface area contributed by atoms with Crippen molar-refractivity contribution in [3.05, 3.63) is 6.33 Å². The summed E-state index contributed by atoms with van der Waals surface area (Å²) >= 11 is 0. The molecule has 0 amide bonds. The van der Waals surface area contributed by atoms with Crippen molar-refractivity contribution in [2.24, 2.45) is 0 Å². The van der Waals surface area contributed by atoms with E-state index in [0.29, 0.717) is 17.6 Å². The highest BCUT2D eigenvalue weighted by Gasteiger charge is 2.36. The number of fused-ring (bicyclic) bond motifs is 1. The first-order chi connectivity index (χ1) is 10.5. The van der Waals surface area contributed by atoms with Crippen LogP contribution in [0.5, 0.6) is 6.01 Å². The van der Waals surface area contributed by atoms with E-state index in [2.05, 4.69) is 15.0 Å². The number of anilines is 1. The molecule has 9 nitrogen and oxygen atoms in total. The summed E-state index contributed by atoms with van der Waals surface area (Å²) in [6.07, 6.45) is -0.119. The van der Waals surface area contributed by atoms with E-state index in [4.69, 9.17) is 15.2 Å². The minimum absolute atomic E-state index is 0.0969. The normalized spacial score (nSPS) is 25.2. The van der Waals surface area contributed by atoms with Crippen molar-refractivity contribution in [3.8, 4) is 6.01 Å². The summed E-state index contributed by atoms with van der Waals surface area (Å²) in [6.45, 7) is 3.56. The second-order valence-corrected chi connectivity index (χ2v) is 5.52. The first-order valence-electron chi connectivity index (χ1n) is 7.10. The predicted molar refractivity (Wildman–Crippen MR) is 77.1 cm³/mol. The molecule has 0 spiro atoms. The first kappa shape index (κ1) is 14.9. The summed E-state index contributed by atoms with van der Waals surface area (Å²) in [5.74, 6) is 0.200. The molecule has 1 aliphatic rings. The Morgan fingerprint density at radius 2 is 2.27 bits per heavy atom. The molecule has 0 bridgehead atoms. The molecule has 4 N–H and O–H groups in total. The van der Waals surface area contributed by atoms with Crippen molar-refractivity contribution in [2.75, 3.05) is 12.3 Å². The van der Waals surface area contributed by atoms with Gasteiger partial charge >= 0.3 is 6.01 Å². The largest absolute Gasteiger partial charge is 0.461 e. The summed E-state index contributed by atoms with van der Waals surface area (Å²) in [6, 6.07) is 0.146. The Balaban J connectivity index is 2.01. The highest BCUT2D eigenvalue weighted by atomic mass is 16.5. The lowest BCUT2D eigenvalue weighted by molar-refractivity contribution is -0.0487. The van der Waals surface area contributed by atoms with Crippen molar-refractivity contribution in [2.45, 2.75) is 44.8 Å². The van der Waals surface area contributed by atoms with Crippen LogP contribution in [0.3, 0.4) is 0 Å². The van der Waals surface area contributed by atoms with E-state index in [1.54, 1.807) is 4.57 Å². The third-order valence-electron chi connectivity index (χ3n) is 3.41. The van der Waals surface area contributed by atoms with Crippen LogP contribution >= 0.6 is 0 Å². The molecule has 22 heavy (non-hydrogen) atoms. The number of hydrogen-bond acceptors (Lipinski definition) is 8. The minimum Gasteiger partial charge on any atom is -0.461 e. The maximum Gasteiger partial charge on any atom is 0.320 e. The third-order valence-corrected chi connectivity index (χ3v) is 3.41. The number of nitrogens with zero attached hydrogens (tertiary/aromatic N) is 4. The fourth-order valence-electron chi connectivity index (χ4n) is 2.47. The van der Waals surface area contributed by atoms with E-state index in [-0.39, 0.29) is 24.5 Å². The number of nitrogens with two attached hydrogens (primary N) is 1. The average molecular weight is 309 g/mol. The Kier molecular flexibility index (Phi) is 3.85. The molecule has 3 rings (SSSR count). The van der Waals surface area contributed by atoms with Crippen LogP contribution in [0, 0.1) is 0 Å². The van der Waals surface area contributed by atoms with Gasteiger partial charge in [0.1, 0.15) is 6.10 Å². The molecule has 3 atom stereocenters. The minimum atomic E-state index is -0.764. The summed E-state index contributed by atoms with van der Waals surface area (Å²) < 4.78 is 12.7. The van der Waals surface area contributed by atoms with Gasteiger partial charge in [0.05, 0.1) is 25.1 Å². The Morgan fingerprint density at radius 3 is 2.91 bits per heavy atom. The van der Waals surface area contributed by atoms with Gasteiger partial charge in [0.25, 0.3) is 0 Å². The predicted octanol–water partition coefficient (Wildman–Crippen LogP) is -0.164. The van der Waals surface area contributed by atoms with Crippen LogP contribution in [0.4, 0.5) is 5.82 Å². The van der Waals surface area contributed by atoms with Gasteiger partial charge in [-0.1, -0.05) is 0 Å². The Hall–Kier alpha value is -1.97. The number of aliphatic hydroxyl groups is 2. The molecule has 9 heteroatoms. The van der Waals surface area contributed by atoms with E-state index in [0.717, 1.165) is 0 Å². The van der Waals surface area contributed by atoms with Crippen molar-refractivity contribution in [3.63, 3.8) is 0 Å². The van der Waals surface area contributed by atoms with Gasteiger partial charge in [-0.05, 0) is 13.8 Å². The number of rotatable bonds is 4. The summed E-state index contributed by atoms with van der Waals surface area (Å²) in [5.41, 5.74) is 6.72. The van der Waals surface area contributed by atoms with Gasteiger partial charge in [0, 0.05) is 6.42 Å².